The number of nitrogens with zero attached hydrogens (tertiary/aromatic N) is 4. The molecule has 0 bridgehead atoms. The highest BCUT2D eigenvalue weighted by Crippen LogP contribution is 2.34. The third-order valence-corrected chi connectivity index (χ3v) is 5.04. The number of hydrogen-bond donors (Lipinski definition) is 1. The Bertz CT molecular complexity index is 1040. The zero-order valence-electron chi connectivity index (χ0n) is 14.9. The third kappa shape index (κ3) is 3.48. The van der Waals surface area contributed by atoms with E-state index in [0.717, 1.165) is 35.8 Å². The summed E-state index contributed by atoms with van der Waals surface area (Å²) in [6.07, 6.45) is 5.18. The van der Waals surface area contributed by atoms with Crippen LogP contribution in [0.5, 0.6) is 0 Å². The van der Waals surface area contributed by atoms with Gasteiger partial charge in [-0.3, -0.25) is 13.9 Å². The van der Waals surface area contributed by atoms with Gasteiger partial charge in [-0.15, -0.1) is 0 Å². The Labute approximate surface area is 155 Å². The summed E-state index contributed by atoms with van der Waals surface area (Å²) < 4.78 is 7.84. The van der Waals surface area contributed by atoms with E-state index >= 15 is 0 Å². The molecule has 0 unspecified atom stereocenters. The van der Waals surface area contributed by atoms with E-state index in [-0.39, 0.29) is 12.4 Å². The average Bonchev–Trinajstić information content (AvgIpc) is 3.32. The van der Waals surface area contributed by atoms with Gasteiger partial charge >= 0.3 is 5.69 Å². The maximum atomic E-state index is 12.7. The standard InChI is InChI=1S/C19H21N5O3/c20-19(9-4-5-10-19)17-21-15(27-22-17)13-24-16(25)8-11-23(18(24)26)12-14-6-2-1-3-7-14/h1-3,6-8,11H,4-5,9-10,12-13,20H2. The molecule has 0 atom stereocenters. The molecule has 1 aromatic carbocycles. The first-order chi connectivity index (χ1) is 13.0. The zero-order chi connectivity index (χ0) is 18.9. The highest BCUT2D eigenvalue weighted by molar-refractivity contribution is 5.15. The molecular weight excluding hydrogens is 346 g/mol. The van der Waals surface area contributed by atoms with Crippen LogP contribution in [0.15, 0.2) is 56.7 Å². The molecule has 140 valence electrons. The first-order valence-electron chi connectivity index (χ1n) is 9.01. The van der Waals surface area contributed by atoms with Gasteiger partial charge in [0.1, 0.15) is 6.54 Å². The maximum Gasteiger partial charge on any atom is 0.331 e. The van der Waals surface area contributed by atoms with Gasteiger partial charge in [0.05, 0.1) is 12.1 Å². The molecule has 3 aromatic rings. The Morgan fingerprint density at radius 1 is 1.07 bits per heavy atom. The molecule has 27 heavy (non-hydrogen) atoms. The van der Waals surface area contributed by atoms with Crippen molar-refractivity contribution < 1.29 is 4.52 Å². The van der Waals surface area contributed by atoms with Crippen LogP contribution in [0.1, 0.15) is 43.0 Å². The van der Waals surface area contributed by atoms with Gasteiger partial charge < -0.3 is 10.3 Å². The van der Waals surface area contributed by atoms with Crippen LogP contribution in [-0.2, 0) is 18.6 Å². The fourth-order valence-electron chi connectivity index (χ4n) is 3.49. The quantitative estimate of drug-likeness (QED) is 0.726. The van der Waals surface area contributed by atoms with Crippen LogP contribution in [-0.4, -0.2) is 19.3 Å². The molecule has 2 N–H and O–H groups in total. The number of aromatic nitrogens is 4. The minimum atomic E-state index is -0.573. The molecule has 2 aromatic heterocycles. The molecule has 1 fully saturated rings. The Kier molecular flexibility index (Phi) is 4.49. The molecule has 0 saturated heterocycles. The van der Waals surface area contributed by atoms with E-state index in [0.29, 0.717) is 12.4 Å². The van der Waals surface area contributed by atoms with Gasteiger partial charge in [0, 0.05) is 12.3 Å². The van der Waals surface area contributed by atoms with Gasteiger partial charge in [-0.25, -0.2) is 4.79 Å². The van der Waals surface area contributed by atoms with Crippen LogP contribution in [0.3, 0.4) is 0 Å². The monoisotopic (exact) mass is 367 g/mol. The van der Waals surface area contributed by atoms with E-state index in [1.807, 2.05) is 30.3 Å². The molecule has 4 rings (SSSR count). The summed E-state index contributed by atoms with van der Waals surface area (Å²) >= 11 is 0. The maximum absolute atomic E-state index is 12.7. The second-order valence-electron chi connectivity index (χ2n) is 7.01. The van der Waals surface area contributed by atoms with Crippen LogP contribution >= 0.6 is 0 Å². The Morgan fingerprint density at radius 3 is 2.56 bits per heavy atom. The lowest BCUT2D eigenvalue weighted by Gasteiger charge is -2.17. The summed E-state index contributed by atoms with van der Waals surface area (Å²) in [6.45, 7) is 0.303. The van der Waals surface area contributed by atoms with E-state index in [1.54, 1.807) is 0 Å². The van der Waals surface area contributed by atoms with Crippen molar-refractivity contribution >= 4 is 0 Å². The van der Waals surface area contributed by atoms with Crippen molar-refractivity contribution in [3.8, 4) is 0 Å². The van der Waals surface area contributed by atoms with Gasteiger partial charge in [0.2, 0.25) is 5.89 Å². The summed E-state index contributed by atoms with van der Waals surface area (Å²) in [7, 11) is 0. The van der Waals surface area contributed by atoms with Crippen molar-refractivity contribution in [1.29, 1.82) is 0 Å². The minimum absolute atomic E-state index is 0.0730. The van der Waals surface area contributed by atoms with Gasteiger partial charge in [-0.2, -0.15) is 4.98 Å². The molecule has 8 heteroatoms. The molecule has 2 heterocycles. The van der Waals surface area contributed by atoms with Gasteiger partial charge in [-0.1, -0.05) is 48.3 Å². The van der Waals surface area contributed by atoms with E-state index < -0.39 is 16.8 Å². The van der Waals surface area contributed by atoms with Crippen molar-refractivity contribution in [3.63, 3.8) is 0 Å². The van der Waals surface area contributed by atoms with Crippen LogP contribution < -0.4 is 17.0 Å². The normalized spacial score (nSPS) is 15.9. The van der Waals surface area contributed by atoms with Crippen LogP contribution in [0, 0.1) is 0 Å². The molecule has 0 radical (unpaired) electrons. The molecular formula is C19H21N5O3. The summed E-state index contributed by atoms with van der Waals surface area (Å²) in [4.78, 5) is 29.3. The number of nitrogens with two attached hydrogens (primary N) is 1. The van der Waals surface area contributed by atoms with Crippen molar-refractivity contribution in [2.45, 2.75) is 44.3 Å². The molecule has 0 spiro atoms. The predicted molar refractivity (Wildman–Crippen MR) is 98.2 cm³/mol. The van der Waals surface area contributed by atoms with Crippen LogP contribution in [0.4, 0.5) is 0 Å². The second-order valence-corrected chi connectivity index (χ2v) is 7.01. The predicted octanol–water partition coefficient (Wildman–Crippen LogP) is 1.22. The van der Waals surface area contributed by atoms with Gasteiger partial charge in [0.25, 0.3) is 5.56 Å². The van der Waals surface area contributed by atoms with Crippen molar-refractivity contribution in [3.05, 3.63) is 80.7 Å². The fourth-order valence-corrected chi connectivity index (χ4v) is 3.49. The van der Waals surface area contributed by atoms with E-state index in [4.69, 9.17) is 10.3 Å². The molecule has 8 nitrogen and oxygen atoms in total. The molecule has 1 aliphatic rings. The lowest BCUT2D eigenvalue weighted by molar-refractivity contribution is 0.341. The third-order valence-electron chi connectivity index (χ3n) is 5.04. The largest absolute Gasteiger partial charge is 0.337 e. The lowest BCUT2D eigenvalue weighted by Crippen LogP contribution is -2.39. The van der Waals surface area contributed by atoms with Crippen molar-refractivity contribution in [1.82, 2.24) is 19.3 Å². The molecule has 1 saturated carbocycles. The summed E-state index contributed by atoms with van der Waals surface area (Å²) in [6, 6.07) is 10.9. The van der Waals surface area contributed by atoms with E-state index in [9.17, 15) is 9.59 Å². The number of rotatable bonds is 5. The Hall–Kier alpha value is -3.00. The SMILES string of the molecule is NC1(c2noc(Cn3c(=O)ccn(Cc4ccccc4)c3=O)n2)CCCC1. The highest BCUT2D eigenvalue weighted by atomic mass is 16.5. The smallest absolute Gasteiger partial charge is 0.331 e. The lowest BCUT2D eigenvalue weighted by atomic mass is 9.99. The van der Waals surface area contributed by atoms with E-state index in [2.05, 4.69) is 10.1 Å². The topological polar surface area (TPSA) is 109 Å². The zero-order valence-corrected chi connectivity index (χ0v) is 14.9. The summed E-state index contributed by atoms with van der Waals surface area (Å²) in [5.74, 6) is 0.655. The highest BCUT2D eigenvalue weighted by Gasteiger charge is 2.36. The van der Waals surface area contributed by atoms with Crippen LogP contribution in [0.25, 0.3) is 0 Å². The molecule has 0 amide bonds. The first-order valence-corrected chi connectivity index (χ1v) is 9.01. The summed E-state index contributed by atoms with van der Waals surface area (Å²) in [5, 5.41) is 3.98. The summed E-state index contributed by atoms with van der Waals surface area (Å²) in [5.41, 5.74) is 5.90. The van der Waals surface area contributed by atoms with E-state index in [1.165, 1.54) is 16.8 Å². The molecule has 1 aliphatic carbocycles. The fraction of sp³-hybridized carbons (Fsp3) is 0.368. The van der Waals surface area contributed by atoms with Crippen LogP contribution in [0.2, 0.25) is 0 Å². The Balaban J connectivity index is 1.61. The van der Waals surface area contributed by atoms with Crippen molar-refractivity contribution in [2.24, 2.45) is 5.73 Å². The second kappa shape index (κ2) is 6.96. The van der Waals surface area contributed by atoms with Gasteiger partial charge in [0.15, 0.2) is 5.82 Å². The minimum Gasteiger partial charge on any atom is -0.337 e. The average molecular weight is 367 g/mol. The number of benzene rings is 1. The Morgan fingerprint density at radius 2 is 1.81 bits per heavy atom. The van der Waals surface area contributed by atoms with Crippen molar-refractivity contribution in [2.75, 3.05) is 0 Å². The number of hydrogen-bond acceptors (Lipinski definition) is 6. The first kappa shape index (κ1) is 17.4. The molecule has 0 aliphatic heterocycles. The van der Waals surface area contributed by atoms with Gasteiger partial charge in [-0.05, 0) is 18.4 Å².